The van der Waals surface area contributed by atoms with E-state index in [1.54, 1.807) is 0 Å². The molecule has 4 heteroatoms. The Kier molecular flexibility index (Phi) is 5.28. The first-order chi connectivity index (χ1) is 15.2. The van der Waals surface area contributed by atoms with Crippen molar-refractivity contribution in [1.29, 1.82) is 0 Å². The van der Waals surface area contributed by atoms with Crippen LogP contribution < -0.4 is 10.1 Å². The number of hydrogen-bond donors (Lipinski definition) is 1. The highest BCUT2D eigenvalue weighted by atomic mass is 16.5. The van der Waals surface area contributed by atoms with Gasteiger partial charge in [0.2, 0.25) is 5.91 Å². The molecule has 0 saturated carbocycles. The van der Waals surface area contributed by atoms with Crippen molar-refractivity contribution >= 4 is 5.91 Å². The maximum Gasteiger partial charge on any atom is 0.224 e. The molecule has 4 aromatic rings. The molecule has 3 aromatic carbocycles. The van der Waals surface area contributed by atoms with E-state index in [1.807, 2.05) is 53.4 Å². The standard InChI is InChI=1S/C27H24N2O2/c30-27(17-20-5-10-25(11-6-20)29-14-1-2-15-29)28-19-21-3-7-22(8-4-21)23-9-12-26-24(18-23)13-16-31-26/h1-12,14-15,18H,13,16-17,19H2,(H,28,30). The number of ether oxygens (including phenoxy) is 1. The lowest BCUT2D eigenvalue weighted by Crippen LogP contribution is -2.24. The maximum absolute atomic E-state index is 12.4. The number of benzene rings is 3. The van der Waals surface area contributed by atoms with Crippen LogP contribution in [0.3, 0.4) is 0 Å². The molecule has 0 bridgehead atoms. The molecule has 2 heterocycles. The fraction of sp³-hybridized carbons (Fsp3) is 0.148. The van der Waals surface area contributed by atoms with Crippen LogP contribution in [0.1, 0.15) is 16.7 Å². The van der Waals surface area contributed by atoms with Crippen LogP contribution in [0, 0.1) is 0 Å². The molecule has 5 rings (SSSR count). The van der Waals surface area contributed by atoms with Gasteiger partial charge in [-0.05, 0) is 64.2 Å². The van der Waals surface area contributed by atoms with E-state index in [1.165, 1.54) is 16.7 Å². The molecule has 0 aliphatic carbocycles. The van der Waals surface area contributed by atoms with Crippen molar-refractivity contribution < 1.29 is 9.53 Å². The number of fused-ring (bicyclic) bond motifs is 1. The molecule has 154 valence electrons. The van der Waals surface area contributed by atoms with E-state index in [0.29, 0.717) is 13.0 Å². The number of carbonyl (C=O) groups excluding carboxylic acids is 1. The molecule has 0 atom stereocenters. The largest absolute Gasteiger partial charge is 0.493 e. The highest BCUT2D eigenvalue weighted by Crippen LogP contribution is 2.30. The molecule has 4 nitrogen and oxygen atoms in total. The average Bonchev–Trinajstić information content (AvgIpc) is 3.50. The van der Waals surface area contributed by atoms with E-state index in [4.69, 9.17) is 4.74 Å². The predicted molar refractivity (Wildman–Crippen MR) is 122 cm³/mol. The van der Waals surface area contributed by atoms with Gasteiger partial charge in [-0.3, -0.25) is 4.79 Å². The summed E-state index contributed by atoms with van der Waals surface area (Å²) < 4.78 is 7.63. The molecule has 0 saturated heterocycles. The fourth-order valence-electron chi connectivity index (χ4n) is 3.92. The van der Waals surface area contributed by atoms with E-state index in [0.717, 1.165) is 35.6 Å². The van der Waals surface area contributed by atoms with Crippen LogP contribution in [-0.2, 0) is 24.2 Å². The number of rotatable bonds is 6. The summed E-state index contributed by atoms with van der Waals surface area (Å²) in [4.78, 5) is 12.4. The molecule has 1 aliphatic heterocycles. The molecule has 1 aromatic heterocycles. The number of nitrogens with zero attached hydrogens (tertiary/aromatic N) is 1. The smallest absolute Gasteiger partial charge is 0.224 e. The Morgan fingerprint density at radius 2 is 1.58 bits per heavy atom. The summed E-state index contributed by atoms with van der Waals surface area (Å²) in [6.45, 7) is 1.30. The zero-order valence-electron chi connectivity index (χ0n) is 17.3. The first-order valence-electron chi connectivity index (χ1n) is 10.6. The molecule has 0 unspecified atom stereocenters. The Morgan fingerprint density at radius 3 is 2.35 bits per heavy atom. The van der Waals surface area contributed by atoms with Gasteiger partial charge in [0.05, 0.1) is 13.0 Å². The van der Waals surface area contributed by atoms with E-state index in [9.17, 15) is 4.79 Å². The number of hydrogen-bond acceptors (Lipinski definition) is 2. The summed E-state index contributed by atoms with van der Waals surface area (Å²) in [5, 5.41) is 3.02. The summed E-state index contributed by atoms with van der Waals surface area (Å²) in [5.74, 6) is 1.03. The van der Waals surface area contributed by atoms with E-state index >= 15 is 0 Å². The molecular formula is C27H24N2O2. The van der Waals surface area contributed by atoms with E-state index < -0.39 is 0 Å². The van der Waals surface area contributed by atoms with Crippen molar-refractivity contribution in [2.24, 2.45) is 0 Å². The van der Waals surface area contributed by atoms with Crippen molar-refractivity contribution in [2.45, 2.75) is 19.4 Å². The van der Waals surface area contributed by atoms with Crippen molar-refractivity contribution in [3.8, 4) is 22.6 Å². The van der Waals surface area contributed by atoms with Crippen molar-refractivity contribution in [3.63, 3.8) is 0 Å². The zero-order chi connectivity index (χ0) is 21.0. The van der Waals surface area contributed by atoms with Gasteiger partial charge in [-0.1, -0.05) is 42.5 Å². The van der Waals surface area contributed by atoms with Crippen molar-refractivity contribution in [2.75, 3.05) is 6.61 Å². The summed E-state index contributed by atoms with van der Waals surface area (Å²) in [7, 11) is 0. The Morgan fingerprint density at radius 1 is 0.871 bits per heavy atom. The highest BCUT2D eigenvalue weighted by Gasteiger charge is 2.12. The maximum atomic E-state index is 12.4. The monoisotopic (exact) mass is 408 g/mol. The lowest BCUT2D eigenvalue weighted by Gasteiger charge is -2.09. The summed E-state index contributed by atoms with van der Waals surface area (Å²) in [5.41, 5.74) is 6.82. The summed E-state index contributed by atoms with van der Waals surface area (Å²) >= 11 is 0. The molecule has 0 radical (unpaired) electrons. The van der Waals surface area contributed by atoms with Gasteiger partial charge in [0, 0.05) is 31.0 Å². The van der Waals surface area contributed by atoms with Gasteiger partial charge >= 0.3 is 0 Å². The second kappa shape index (κ2) is 8.52. The quantitative estimate of drug-likeness (QED) is 0.491. The normalized spacial score (nSPS) is 12.3. The number of aromatic nitrogens is 1. The number of nitrogens with one attached hydrogen (secondary N) is 1. The molecule has 0 spiro atoms. The van der Waals surface area contributed by atoms with Gasteiger partial charge < -0.3 is 14.6 Å². The third-order valence-electron chi connectivity index (χ3n) is 5.67. The van der Waals surface area contributed by atoms with Crippen LogP contribution in [0.25, 0.3) is 16.8 Å². The molecule has 1 aliphatic rings. The lowest BCUT2D eigenvalue weighted by atomic mass is 10.0. The molecule has 1 amide bonds. The third kappa shape index (κ3) is 4.38. The van der Waals surface area contributed by atoms with Crippen LogP contribution in [0.5, 0.6) is 5.75 Å². The average molecular weight is 409 g/mol. The minimum absolute atomic E-state index is 0.0245. The highest BCUT2D eigenvalue weighted by molar-refractivity contribution is 5.78. The molecule has 31 heavy (non-hydrogen) atoms. The second-order valence-electron chi connectivity index (χ2n) is 7.83. The first-order valence-corrected chi connectivity index (χ1v) is 10.6. The van der Waals surface area contributed by atoms with Crippen molar-refractivity contribution in [3.05, 3.63) is 108 Å². The minimum atomic E-state index is 0.0245. The van der Waals surface area contributed by atoms with Gasteiger partial charge in [0.15, 0.2) is 0 Å². The Labute approximate surface area is 182 Å². The zero-order valence-corrected chi connectivity index (χ0v) is 17.3. The van der Waals surface area contributed by atoms with Crippen LogP contribution in [0.2, 0.25) is 0 Å². The molecule has 1 N–H and O–H groups in total. The van der Waals surface area contributed by atoms with E-state index in [2.05, 4.69) is 47.8 Å². The summed E-state index contributed by atoms with van der Waals surface area (Å²) in [6.07, 6.45) is 5.36. The van der Waals surface area contributed by atoms with Crippen molar-refractivity contribution in [1.82, 2.24) is 9.88 Å². The summed E-state index contributed by atoms with van der Waals surface area (Å²) in [6, 6.07) is 26.8. The second-order valence-corrected chi connectivity index (χ2v) is 7.83. The SMILES string of the molecule is O=C(Cc1ccc(-n2cccc2)cc1)NCc1ccc(-c2ccc3c(c2)CCO3)cc1. The predicted octanol–water partition coefficient (Wildman–Crippen LogP) is 4.94. The van der Waals surface area contributed by atoms with Gasteiger partial charge in [-0.2, -0.15) is 0 Å². The third-order valence-corrected chi connectivity index (χ3v) is 5.67. The fourth-order valence-corrected chi connectivity index (χ4v) is 3.92. The van der Waals surface area contributed by atoms with Gasteiger partial charge in [0.1, 0.15) is 5.75 Å². The number of amides is 1. The molecular weight excluding hydrogens is 384 g/mol. The topological polar surface area (TPSA) is 43.3 Å². The number of carbonyl (C=O) groups is 1. The Bertz CT molecular complexity index is 1180. The Hall–Kier alpha value is -3.79. The lowest BCUT2D eigenvalue weighted by molar-refractivity contribution is -0.120. The van der Waals surface area contributed by atoms with Gasteiger partial charge in [0.25, 0.3) is 0 Å². The van der Waals surface area contributed by atoms with Crippen LogP contribution in [0.15, 0.2) is 91.3 Å². The van der Waals surface area contributed by atoms with Crippen LogP contribution in [0.4, 0.5) is 0 Å². The Balaban J connectivity index is 1.16. The van der Waals surface area contributed by atoms with E-state index in [-0.39, 0.29) is 5.91 Å². The first kappa shape index (κ1) is 19.2. The minimum Gasteiger partial charge on any atom is -0.493 e. The van der Waals surface area contributed by atoms with Crippen LogP contribution in [-0.4, -0.2) is 17.1 Å². The molecule has 0 fully saturated rings. The van der Waals surface area contributed by atoms with Crippen LogP contribution >= 0.6 is 0 Å². The van der Waals surface area contributed by atoms with Gasteiger partial charge in [-0.15, -0.1) is 0 Å². The van der Waals surface area contributed by atoms with Gasteiger partial charge in [-0.25, -0.2) is 0 Å².